The van der Waals surface area contributed by atoms with E-state index < -0.39 is 141 Å². The van der Waals surface area contributed by atoms with Gasteiger partial charge in [-0.15, -0.1) is 0 Å². The van der Waals surface area contributed by atoms with Crippen LogP contribution in [0.2, 0.25) is 0 Å². The average Bonchev–Trinajstić information content (AvgIpc) is 3.70. The summed E-state index contributed by atoms with van der Waals surface area (Å²) in [7, 11) is -18.6. The minimum Gasteiger partial charge on any atom is -0.609 e. The number of fused-ring (bicyclic) bond motifs is 1. The molecular formula is C42H38F3N3O16S5. The van der Waals surface area contributed by atoms with E-state index >= 15 is 0 Å². The Morgan fingerprint density at radius 3 is 1.99 bits per heavy atom. The molecule has 0 amide bonds. The molecule has 0 spiro atoms. The van der Waals surface area contributed by atoms with Gasteiger partial charge in [0.2, 0.25) is 25.1 Å². The summed E-state index contributed by atoms with van der Waals surface area (Å²) in [6.45, 7) is -0.889. The second kappa shape index (κ2) is 20.8. The zero-order chi connectivity index (χ0) is 50.5. The monoisotopic (exact) mass is 1060 g/mol. The van der Waals surface area contributed by atoms with Crippen molar-refractivity contribution in [1.82, 2.24) is 13.9 Å². The Bertz CT molecular complexity index is 3320. The zero-order valence-electron chi connectivity index (χ0n) is 36.0. The Hall–Kier alpha value is -6.26. The lowest BCUT2D eigenvalue weighted by molar-refractivity contribution is -0.154. The molecule has 69 heavy (non-hydrogen) atoms. The fourth-order valence-electron chi connectivity index (χ4n) is 6.27. The smallest absolute Gasteiger partial charge is 0.422 e. The molecule has 0 radical (unpaired) electrons. The second-order valence-electron chi connectivity index (χ2n) is 14.3. The molecule has 4 aromatic carbocycles. The number of carbonyl (C=O) groups excluding carboxylic acids is 2. The summed E-state index contributed by atoms with van der Waals surface area (Å²) >= 11 is -2.69. The summed E-state index contributed by atoms with van der Waals surface area (Å²) in [5, 5.41) is -0.750. The summed E-state index contributed by atoms with van der Waals surface area (Å²) in [6.07, 6.45) is -3.35. The van der Waals surface area contributed by atoms with Gasteiger partial charge in [-0.05, 0) is 68.4 Å². The Morgan fingerprint density at radius 1 is 0.768 bits per heavy atom. The molecule has 3 atom stereocenters. The Labute approximate surface area is 396 Å². The summed E-state index contributed by atoms with van der Waals surface area (Å²) in [4.78, 5) is 32.3. The van der Waals surface area contributed by atoms with E-state index in [1.165, 1.54) is 73.7 Å². The number of para-hydroxylation sites is 2. The standard InChI is InChI=1S/C42H38F3N3O16S5/c1-4-60-39(50)40(68(56,57)29-15-9-6-10-16-29)64-36-23-30(19-20-34(36)61-24-37(49)63-27(2)67(54,55)28-13-7-5-8-14-28)69(58,59)48-33-18-12-11-17-31(33)47-41(48)65(51)25-32-38(66(3,52)53)35(21-22-46-32)62-26-42(43,44)45/h5-23,27,40H,4,24-26H2,1-3H3. The van der Waals surface area contributed by atoms with Crippen molar-refractivity contribution in [2.24, 2.45) is 0 Å². The minimum absolute atomic E-state index is 0.0715. The molecule has 2 aromatic heterocycles. The third-order valence-corrected chi connectivity index (χ3v) is 17.2. The van der Waals surface area contributed by atoms with E-state index in [-0.39, 0.29) is 22.5 Å². The largest absolute Gasteiger partial charge is 0.609 e. The third kappa shape index (κ3) is 12.0. The highest BCUT2D eigenvalue weighted by Crippen LogP contribution is 2.37. The van der Waals surface area contributed by atoms with E-state index in [1.807, 2.05) is 0 Å². The molecule has 19 nitrogen and oxygen atoms in total. The first-order chi connectivity index (χ1) is 32.4. The summed E-state index contributed by atoms with van der Waals surface area (Å²) in [5.74, 6) is -5.86. The normalized spacial score (nSPS) is 13.8. The fraction of sp³-hybridized carbons (Fsp3) is 0.238. The van der Waals surface area contributed by atoms with Crippen molar-refractivity contribution in [2.45, 2.75) is 61.4 Å². The average molecular weight is 1060 g/mol. The van der Waals surface area contributed by atoms with Gasteiger partial charge in [0.15, 0.2) is 40.3 Å². The van der Waals surface area contributed by atoms with Gasteiger partial charge in [0.1, 0.15) is 16.3 Å². The Morgan fingerprint density at radius 2 is 1.38 bits per heavy atom. The molecule has 0 saturated carbocycles. The predicted molar refractivity (Wildman–Crippen MR) is 237 cm³/mol. The van der Waals surface area contributed by atoms with Crippen molar-refractivity contribution in [2.75, 3.05) is 26.1 Å². The van der Waals surface area contributed by atoms with E-state index in [4.69, 9.17) is 23.7 Å². The number of aromatic nitrogens is 3. The van der Waals surface area contributed by atoms with E-state index in [0.717, 1.165) is 43.5 Å². The van der Waals surface area contributed by atoms with Gasteiger partial charge in [0, 0.05) is 29.7 Å². The molecule has 27 heteroatoms. The van der Waals surface area contributed by atoms with Crippen LogP contribution < -0.4 is 14.2 Å². The number of pyridine rings is 1. The molecule has 0 aliphatic heterocycles. The highest BCUT2D eigenvalue weighted by atomic mass is 32.2. The van der Waals surface area contributed by atoms with Gasteiger partial charge in [-0.2, -0.15) is 22.1 Å². The summed E-state index contributed by atoms with van der Waals surface area (Å²) in [5.41, 5.74) is -5.15. The molecule has 0 N–H and O–H groups in total. The van der Waals surface area contributed by atoms with E-state index in [2.05, 4.69) is 9.97 Å². The predicted octanol–water partition coefficient (Wildman–Crippen LogP) is 4.80. The van der Waals surface area contributed by atoms with Gasteiger partial charge in [0.05, 0.1) is 32.3 Å². The van der Waals surface area contributed by atoms with Crippen molar-refractivity contribution < 1.29 is 84.7 Å². The number of rotatable bonds is 20. The number of alkyl halides is 3. The van der Waals surface area contributed by atoms with Crippen molar-refractivity contribution in [3.8, 4) is 17.2 Å². The van der Waals surface area contributed by atoms with Crippen molar-refractivity contribution >= 4 is 73.7 Å². The van der Waals surface area contributed by atoms with Crippen LogP contribution in [0.15, 0.2) is 140 Å². The van der Waals surface area contributed by atoms with Gasteiger partial charge < -0.3 is 28.2 Å². The maximum Gasteiger partial charge on any atom is 0.422 e. The molecule has 3 unspecified atom stereocenters. The quantitative estimate of drug-likeness (QED) is 0.0733. The van der Waals surface area contributed by atoms with Crippen LogP contribution in [0.5, 0.6) is 17.2 Å². The third-order valence-electron chi connectivity index (χ3n) is 9.34. The van der Waals surface area contributed by atoms with Crippen LogP contribution in [0.1, 0.15) is 19.5 Å². The summed E-state index contributed by atoms with van der Waals surface area (Å²) in [6, 6.07) is 22.2. The van der Waals surface area contributed by atoms with Crippen molar-refractivity contribution in [3.05, 3.63) is 121 Å². The lowest BCUT2D eigenvalue weighted by Crippen LogP contribution is -2.37. The van der Waals surface area contributed by atoms with Gasteiger partial charge in [0.25, 0.3) is 15.5 Å². The first kappa shape index (κ1) is 52.1. The number of hydrogen-bond donors (Lipinski definition) is 0. The fourth-order valence-corrected chi connectivity index (χ4v) is 12.9. The van der Waals surface area contributed by atoms with Crippen LogP contribution in [-0.4, -0.2) is 107 Å². The highest BCUT2D eigenvalue weighted by Gasteiger charge is 2.40. The van der Waals surface area contributed by atoms with Crippen LogP contribution in [-0.2, 0) is 75.5 Å². The van der Waals surface area contributed by atoms with Crippen LogP contribution in [0.25, 0.3) is 11.0 Å². The first-order valence-corrected chi connectivity index (χ1v) is 27.5. The van der Waals surface area contributed by atoms with E-state index in [9.17, 15) is 61.0 Å². The molecular weight excluding hydrogens is 1020 g/mol. The number of imidazole rings is 1. The number of ether oxygens (including phenoxy) is 5. The Balaban J connectivity index is 1.44. The number of benzene rings is 4. The van der Waals surface area contributed by atoms with Crippen LogP contribution in [0, 0.1) is 0 Å². The lowest BCUT2D eigenvalue weighted by Gasteiger charge is -2.21. The highest BCUT2D eigenvalue weighted by molar-refractivity contribution is 7.93. The number of sulfone groups is 3. The molecule has 2 heterocycles. The molecule has 0 bridgehead atoms. The summed E-state index contributed by atoms with van der Waals surface area (Å²) < 4.78 is 190. The topological polar surface area (TPSA) is 271 Å². The minimum atomic E-state index is -5.13. The number of nitrogens with zero attached hydrogens (tertiary/aromatic N) is 3. The van der Waals surface area contributed by atoms with Crippen LogP contribution >= 0.6 is 0 Å². The van der Waals surface area contributed by atoms with Crippen molar-refractivity contribution in [3.63, 3.8) is 0 Å². The van der Waals surface area contributed by atoms with E-state index in [1.54, 1.807) is 6.07 Å². The SMILES string of the molecule is CCOC(=O)C(Oc1cc(S(=O)(=O)n2c([S+]([O-])Cc3nccc(OCC(F)(F)F)c3S(C)(=O)=O)nc3ccccc32)ccc1OCC(=O)OC(C)S(=O)(=O)c1ccccc1)S(=O)(=O)c1ccccc1. The maximum atomic E-state index is 14.9. The number of hydrogen-bond acceptors (Lipinski definition) is 18. The molecule has 0 aliphatic rings. The maximum absolute atomic E-state index is 14.9. The Kier molecular flexibility index (Phi) is 15.7. The molecule has 0 fully saturated rings. The molecule has 368 valence electrons. The van der Waals surface area contributed by atoms with Gasteiger partial charge in [-0.25, -0.2) is 43.3 Å². The van der Waals surface area contributed by atoms with Gasteiger partial charge in [-0.1, -0.05) is 48.5 Å². The first-order valence-electron chi connectivity index (χ1n) is 19.7. The second-order valence-corrected chi connectivity index (χ2v) is 23.6. The van der Waals surface area contributed by atoms with Crippen LogP contribution in [0.4, 0.5) is 13.2 Å². The van der Waals surface area contributed by atoms with Gasteiger partial charge in [-0.3, -0.25) is 4.98 Å². The van der Waals surface area contributed by atoms with Crippen LogP contribution in [0.3, 0.4) is 0 Å². The molecule has 0 saturated heterocycles. The molecule has 6 aromatic rings. The molecule has 0 aliphatic carbocycles. The molecule has 6 rings (SSSR count). The zero-order valence-corrected chi connectivity index (χ0v) is 40.1. The number of esters is 2. The van der Waals surface area contributed by atoms with Gasteiger partial charge >= 0.3 is 23.3 Å². The number of carbonyl (C=O) groups is 2. The van der Waals surface area contributed by atoms with Crippen molar-refractivity contribution in [1.29, 1.82) is 0 Å². The number of halogens is 3. The van der Waals surface area contributed by atoms with E-state index in [0.29, 0.717) is 16.3 Å². The lowest BCUT2D eigenvalue weighted by atomic mass is 10.3.